The summed E-state index contributed by atoms with van der Waals surface area (Å²) in [5.41, 5.74) is 0.722. The van der Waals surface area contributed by atoms with Gasteiger partial charge in [-0.25, -0.2) is 0 Å². The Morgan fingerprint density at radius 2 is 1.47 bits per heavy atom. The Labute approximate surface area is 111 Å². The zero-order valence-corrected chi connectivity index (χ0v) is 10.8. The molecule has 0 radical (unpaired) electrons. The fraction of sp³-hybridized carbons (Fsp3) is 0.385. The fourth-order valence-electron chi connectivity index (χ4n) is 1.49. The number of carbonyl (C=O) groups is 2. The van der Waals surface area contributed by atoms with Crippen LogP contribution >= 0.6 is 0 Å². The lowest BCUT2D eigenvalue weighted by Gasteiger charge is -2.15. The van der Waals surface area contributed by atoms with Gasteiger partial charge in [-0.2, -0.15) is 9.78 Å². The number of hydrogen-bond donors (Lipinski definition) is 0. The third-order valence-corrected chi connectivity index (χ3v) is 2.17. The van der Waals surface area contributed by atoms with Gasteiger partial charge in [0, 0.05) is 5.56 Å². The maximum absolute atomic E-state index is 10.2. The molecule has 0 bridgehead atoms. The molecule has 0 aliphatic rings. The molecule has 0 saturated carbocycles. The highest BCUT2D eigenvalue weighted by molar-refractivity contribution is 5.51. The highest BCUT2D eigenvalue weighted by atomic mass is 17.2. The van der Waals surface area contributed by atoms with Crippen LogP contribution in [0, 0.1) is 0 Å². The quantitative estimate of drug-likeness (QED) is 0.294. The van der Waals surface area contributed by atoms with Crippen molar-refractivity contribution in [2.75, 3.05) is 13.2 Å². The summed E-state index contributed by atoms with van der Waals surface area (Å²) >= 11 is 0. The number of aldehydes is 2. The first-order valence-electron chi connectivity index (χ1n) is 5.79. The Kier molecular flexibility index (Phi) is 6.56. The monoisotopic (exact) mass is 268 g/mol. The SMILES string of the molecule is CC(C)c1c(OOCC=O)cccc1OOCC=O. The molecule has 0 saturated heterocycles. The van der Waals surface area contributed by atoms with E-state index in [0.717, 1.165) is 5.56 Å². The van der Waals surface area contributed by atoms with Crippen molar-refractivity contribution in [3.05, 3.63) is 23.8 Å². The van der Waals surface area contributed by atoms with Crippen LogP contribution in [-0.4, -0.2) is 25.8 Å². The largest absolute Gasteiger partial charge is 0.337 e. The van der Waals surface area contributed by atoms with Gasteiger partial charge < -0.3 is 19.4 Å². The molecule has 1 rings (SSSR count). The Balaban J connectivity index is 2.86. The molecule has 0 atom stereocenters. The van der Waals surface area contributed by atoms with Crippen molar-refractivity contribution in [1.29, 1.82) is 0 Å². The number of rotatable bonds is 9. The van der Waals surface area contributed by atoms with Gasteiger partial charge in [0.25, 0.3) is 0 Å². The lowest BCUT2D eigenvalue weighted by Crippen LogP contribution is -2.07. The van der Waals surface area contributed by atoms with Crippen LogP contribution in [0.1, 0.15) is 25.3 Å². The lowest BCUT2D eigenvalue weighted by atomic mass is 10.0. The molecule has 0 aliphatic heterocycles. The molecule has 0 unspecified atom stereocenters. The first-order chi connectivity index (χ1) is 9.20. The zero-order chi connectivity index (χ0) is 14.1. The second-order valence-corrected chi connectivity index (χ2v) is 3.89. The summed E-state index contributed by atoms with van der Waals surface area (Å²) in [6, 6.07) is 5.06. The van der Waals surface area contributed by atoms with E-state index in [2.05, 4.69) is 0 Å². The van der Waals surface area contributed by atoms with E-state index in [4.69, 9.17) is 19.6 Å². The lowest BCUT2D eigenvalue weighted by molar-refractivity contribution is -0.208. The minimum atomic E-state index is -0.162. The van der Waals surface area contributed by atoms with Crippen molar-refractivity contribution in [3.8, 4) is 11.5 Å². The average molecular weight is 268 g/mol. The van der Waals surface area contributed by atoms with Gasteiger partial charge in [-0.15, -0.1) is 0 Å². The van der Waals surface area contributed by atoms with E-state index in [-0.39, 0.29) is 19.1 Å². The Hall–Kier alpha value is -1.92. The van der Waals surface area contributed by atoms with E-state index in [0.29, 0.717) is 24.1 Å². The smallest absolute Gasteiger partial charge is 0.172 e. The molecular weight excluding hydrogens is 252 g/mol. The van der Waals surface area contributed by atoms with Crippen LogP contribution < -0.4 is 9.78 Å². The molecule has 19 heavy (non-hydrogen) atoms. The number of hydrogen-bond acceptors (Lipinski definition) is 6. The van der Waals surface area contributed by atoms with Crippen molar-refractivity contribution in [3.63, 3.8) is 0 Å². The highest BCUT2D eigenvalue weighted by Gasteiger charge is 2.16. The third-order valence-electron chi connectivity index (χ3n) is 2.17. The van der Waals surface area contributed by atoms with Gasteiger partial charge in [-0.3, -0.25) is 0 Å². The second-order valence-electron chi connectivity index (χ2n) is 3.89. The van der Waals surface area contributed by atoms with Crippen molar-refractivity contribution in [2.45, 2.75) is 19.8 Å². The third kappa shape index (κ3) is 4.69. The van der Waals surface area contributed by atoms with Crippen molar-refractivity contribution >= 4 is 12.6 Å². The van der Waals surface area contributed by atoms with Crippen LogP contribution in [-0.2, 0) is 19.4 Å². The molecule has 6 heteroatoms. The molecule has 0 aliphatic carbocycles. The van der Waals surface area contributed by atoms with Gasteiger partial charge >= 0.3 is 0 Å². The van der Waals surface area contributed by atoms with Crippen molar-refractivity contribution in [1.82, 2.24) is 0 Å². The fourth-order valence-corrected chi connectivity index (χ4v) is 1.49. The van der Waals surface area contributed by atoms with E-state index in [9.17, 15) is 9.59 Å². The van der Waals surface area contributed by atoms with Crippen LogP contribution in [0.2, 0.25) is 0 Å². The van der Waals surface area contributed by atoms with Crippen molar-refractivity contribution in [2.24, 2.45) is 0 Å². The van der Waals surface area contributed by atoms with Crippen LogP contribution in [0.3, 0.4) is 0 Å². The zero-order valence-electron chi connectivity index (χ0n) is 10.8. The standard InChI is InChI=1S/C13H16O6/c1-10(2)13-11(18-16-8-6-14)4-3-5-12(13)19-17-9-7-15/h3-7,10H,8-9H2,1-2H3. The summed E-state index contributed by atoms with van der Waals surface area (Å²) < 4.78 is 0. The van der Waals surface area contributed by atoms with E-state index < -0.39 is 0 Å². The first-order valence-corrected chi connectivity index (χ1v) is 5.79. The minimum Gasteiger partial charge on any atom is -0.337 e. The van der Waals surface area contributed by atoms with Gasteiger partial charge in [0.05, 0.1) is 0 Å². The highest BCUT2D eigenvalue weighted by Crippen LogP contribution is 2.35. The average Bonchev–Trinajstić information content (AvgIpc) is 2.39. The van der Waals surface area contributed by atoms with Crippen LogP contribution in [0.5, 0.6) is 11.5 Å². The van der Waals surface area contributed by atoms with E-state index in [1.165, 1.54) is 0 Å². The van der Waals surface area contributed by atoms with Gasteiger partial charge in [-0.05, 0) is 18.1 Å². The van der Waals surface area contributed by atoms with E-state index >= 15 is 0 Å². The molecule has 0 spiro atoms. The molecule has 0 heterocycles. The number of carbonyl (C=O) groups excluding carboxylic acids is 2. The van der Waals surface area contributed by atoms with Gasteiger partial charge in [0.15, 0.2) is 11.5 Å². The van der Waals surface area contributed by atoms with Crippen LogP contribution in [0.25, 0.3) is 0 Å². The molecule has 0 N–H and O–H groups in total. The Bertz CT molecular complexity index is 383. The van der Waals surface area contributed by atoms with Crippen LogP contribution in [0.15, 0.2) is 18.2 Å². The summed E-state index contributed by atoms with van der Waals surface area (Å²) in [7, 11) is 0. The molecule has 1 aromatic rings. The molecule has 0 aromatic heterocycles. The first kappa shape index (κ1) is 15.1. The maximum atomic E-state index is 10.2. The minimum absolute atomic E-state index is 0.0749. The number of benzene rings is 1. The Morgan fingerprint density at radius 1 is 1.00 bits per heavy atom. The van der Waals surface area contributed by atoms with E-state index in [1.54, 1.807) is 18.2 Å². The summed E-state index contributed by atoms with van der Waals surface area (Å²) in [5, 5.41) is 0. The van der Waals surface area contributed by atoms with Gasteiger partial charge in [0.2, 0.25) is 0 Å². The topological polar surface area (TPSA) is 71.1 Å². The molecule has 6 nitrogen and oxygen atoms in total. The molecule has 0 amide bonds. The van der Waals surface area contributed by atoms with E-state index in [1.807, 2.05) is 13.8 Å². The molecule has 0 fully saturated rings. The normalized spacial score (nSPS) is 10.3. The summed E-state index contributed by atoms with van der Waals surface area (Å²) in [6.07, 6.45) is 1.17. The summed E-state index contributed by atoms with van der Waals surface area (Å²) in [4.78, 5) is 39.9. The van der Waals surface area contributed by atoms with Crippen LogP contribution in [0.4, 0.5) is 0 Å². The van der Waals surface area contributed by atoms with Gasteiger partial charge in [-0.1, -0.05) is 19.9 Å². The predicted molar refractivity (Wildman–Crippen MR) is 65.8 cm³/mol. The second kappa shape index (κ2) is 8.23. The molecule has 104 valence electrons. The maximum Gasteiger partial charge on any atom is 0.172 e. The van der Waals surface area contributed by atoms with Gasteiger partial charge in [0.1, 0.15) is 25.8 Å². The predicted octanol–water partition coefficient (Wildman–Crippen LogP) is 1.83. The summed E-state index contributed by atoms with van der Waals surface area (Å²) in [5.74, 6) is 0.943. The Morgan fingerprint density at radius 3 is 1.84 bits per heavy atom. The molecule has 1 aromatic carbocycles. The molecular formula is C13H16O6. The summed E-state index contributed by atoms with van der Waals surface area (Å²) in [6.45, 7) is 3.55. The van der Waals surface area contributed by atoms with Crippen molar-refractivity contribution < 1.29 is 29.1 Å².